The topological polar surface area (TPSA) is 55.1 Å². The van der Waals surface area contributed by atoms with Crippen molar-refractivity contribution in [2.45, 2.75) is 12.5 Å². The van der Waals surface area contributed by atoms with Crippen LogP contribution in [0.25, 0.3) is 0 Å². The molecule has 0 aromatic heterocycles. The smallest absolute Gasteiger partial charge is 0.247 e. The number of para-hydroxylation sites is 1. The summed E-state index contributed by atoms with van der Waals surface area (Å²) in [7, 11) is 0. The molecule has 20 heavy (non-hydrogen) atoms. The summed E-state index contributed by atoms with van der Waals surface area (Å²) in [6.45, 7) is 1.59. The molecule has 0 aliphatic carbocycles. The highest BCUT2D eigenvalue weighted by molar-refractivity contribution is 6.30. The van der Waals surface area contributed by atoms with Crippen molar-refractivity contribution in [1.29, 1.82) is 0 Å². The lowest BCUT2D eigenvalue weighted by atomic mass is 9.91. The Morgan fingerprint density at radius 3 is 2.55 bits per heavy atom. The number of hydrogen-bond acceptors (Lipinski definition) is 2. The molecule has 0 heterocycles. The van der Waals surface area contributed by atoms with E-state index in [1.807, 2.05) is 0 Å². The predicted octanol–water partition coefficient (Wildman–Crippen LogP) is 3.29. The summed E-state index contributed by atoms with van der Waals surface area (Å²) >= 11 is 5.94. The molecule has 3 nitrogen and oxygen atoms in total. The first-order valence-corrected chi connectivity index (χ1v) is 6.40. The lowest BCUT2D eigenvalue weighted by molar-refractivity contribution is -0.122. The average molecular weight is 293 g/mol. The lowest BCUT2D eigenvalue weighted by Gasteiger charge is -2.29. The second-order valence-corrected chi connectivity index (χ2v) is 5.04. The summed E-state index contributed by atoms with van der Waals surface area (Å²) in [5, 5.41) is 3.34. The molecule has 1 atom stereocenters. The van der Waals surface area contributed by atoms with Gasteiger partial charge in [0.25, 0.3) is 0 Å². The molecule has 0 saturated carbocycles. The van der Waals surface area contributed by atoms with Gasteiger partial charge in [0.15, 0.2) is 0 Å². The fourth-order valence-electron chi connectivity index (χ4n) is 1.91. The molecule has 1 amide bonds. The van der Waals surface area contributed by atoms with Crippen molar-refractivity contribution in [1.82, 2.24) is 0 Å². The van der Waals surface area contributed by atoms with Gasteiger partial charge < -0.3 is 11.1 Å². The summed E-state index contributed by atoms with van der Waals surface area (Å²) in [4.78, 5) is 11.8. The maximum absolute atomic E-state index is 13.7. The number of amides is 1. The van der Waals surface area contributed by atoms with Gasteiger partial charge in [-0.15, -0.1) is 0 Å². The molecule has 0 bridgehead atoms. The molecule has 0 saturated heterocycles. The van der Waals surface area contributed by atoms with Gasteiger partial charge in [0.2, 0.25) is 5.91 Å². The Morgan fingerprint density at radius 1 is 1.25 bits per heavy atom. The van der Waals surface area contributed by atoms with Crippen LogP contribution in [0.15, 0.2) is 48.5 Å². The molecule has 0 fully saturated rings. The van der Waals surface area contributed by atoms with Crippen molar-refractivity contribution in [3.8, 4) is 0 Å². The molecule has 2 aromatic rings. The number of rotatable bonds is 4. The minimum Gasteiger partial charge on any atom is -0.367 e. The molecule has 104 valence electrons. The van der Waals surface area contributed by atoms with Gasteiger partial charge in [0.1, 0.15) is 11.4 Å². The number of carbonyl (C=O) groups is 1. The van der Waals surface area contributed by atoms with E-state index in [0.717, 1.165) is 0 Å². The lowest BCUT2D eigenvalue weighted by Crippen LogP contribution is -2.45. The largest absolute Gasteiger partial charge is 0.367 e. The van der Waals surface area contributed by atoms with Gasteiger partial charge in [-0.3, -0.25) is 4.79 Å². The summed E-state index contributed by atoms with van der Waals surface area (Å²) in [6, 6.07) is 12.8. The molecule has 1 unspecified atom stereocenters. The van der Waals surface area contributed by atoms with Gasteiger partial charge in [0, 0.05) is 5.02 Å². The van der Waals surface area contributed by atoms with E-state index in [4.69, 9.17) is 17.3 Å². The second-order valence-electron chi connectivity index (χ2n) is 4.60. The standard InChI is InChI=1S/C15H14ClFN2O/c1-15(14(18)20,10-5-4-6-11(16)9-10)19-13-8-3-2-7-12(13)17/h2-9,19H,1H3,(H2,18,20). The molecule has 0 spiro atoms. The molecule has 0 aliphatic heterocycles. The molecule has 0 aliphatic rings. The van der Waals surface area contributed by atoms with Crippen LogP contribution in [-0.2, 0) is 10.3 Å². The predicted molar refractivity (Wildman–Crippen MR) is 78.0 cm³/mol. The summed E-state index contributed by atoms with van der Waals surface area (Å²) in [6.07, 6.45) is 0. The Balaban J connectivity index is 2.46. The number of nitrogens with two attached hydrogens (primary N) is 1. The summed E-state index contributed by atoms with van der Waals surface area (Å²) < 4.78 is 13.7. The minimum absolute atomic E-state index is 0.203. The molecule has 2 rings (SSSR count). The van der Waals surface area contributed by atoms with Crippen molar-refractivity contribution >= 4 is 23.2 Å². The normalized spacial score (nSPS) is 13.6. The Kier molecular flexibility index (Phi) is 3.95. The Hall–Kier alpha value is -2.07. The maximum Gasteiger partial charge on any atom is 0.247 e. The van der Waals surface area contributed by atoms with E-state index < -0.39 is 17.3 Å². The maximum atomic E-state index is 13.7. The first-order valence-electron chi connectivity index (χ1n) is 6.02. The van der Waals surface area contributed by atoms with Crippen LogP contribution < -0.4 is 11.1 Å². The number of carbonyl (C=O) groups excluding carboxylic acids is 1. The van der Waals surface area contributed by atoms with Crippen molar-refractivity contribution < 1.29 is 9.18 Å². The third kappa shape index (κ3) is 2.75. The van der Waals surface area contributed by atoms with Crippen LogP contribution in [0.1, 0.15) is 12.5 Å². The molecule has 3 N–H and O–H groups in total. The Bertz CT molecular complexity index is 647. The SMILES string of the molecule is CC(Nc1ccccc1F)(C(N)=O)c1cccc(Cl)c1. The van der Waals surface area contributed by atoms with E-state index >= 15 is 0 Å². The zero-order valence-electron chi connectivity index (χ0n) is 10.9. The van der Waals surface area contributed by atoms with Crippen molar-refractivity contribution in [2.75, 3.05) is 5.32 Å². The Morgan fingerprint density at radius 2 is 1.95 bits per heavy atom. The monoisotopic (exact) mass is 292 g/mol. The number of halogens is 2. The molecule has 5 heteroatoms. The zero-order chi connectivity index (χ0) is 14.8. The number of primary amides is 1. The highest BCUT2D eigenvalue weighted by atomic mass is 35.5. The fourth-order valence-corrected chi connectivity index (χ4v) is 2.10. The van der Waals surface area contributed by atoms with Crippen molar-refractivity contribution in [2.24, 2.45) is 5.73 Å². The third-order valence-electron chi connectivity index (χ3n) is 3.15. The summed E-state index contributed by atoms with van der Waals surface area (Å²) in [5.74, 6) is -1.08. The number of nitrogens with one attached hydrogen (secondary N) is 1. The number of hydrogen-bond donors (Lipinski definition) is 2. The van der Waals surface area contributed by atoms with Crippen LogP contribution in [0.5, 0.6) is 0 Å². The first-order chi connectivity index (χ1) is 9.43. The van der Waals surface area contributed by atoms with E-state index in [9.17, 15) is 9.18 Å². The molecular weight excluding hydrogens is 279 g/mol. The second kappa shape index (κ2) is 5.51. The van der Waals surface area contributed by atoms with Gasteiger partial charge >= 0.3 is 0 Å². The van der Waals surface area contributed by atoms with E-state index in [1.165, 1.54) is 6.07 Å². The van der Waals surface area contributed by atoms with Crippen LogP contribution in [0.2, 0.25) is 5.02 Å². The van der Waals surface area contributed by atoms with E-state index in [1.54, 1.807) is 49.4 Å². The van der Waals surface area contributed by atoms with Crippen LogP contribution in [0.3, 0.4) is 0 Å². The quantitative estimate of drug-likeness (QED) is 0.908. The van der Waals surface area contributed by atoms with E-state index in [2.05, 4.69) is 5.32 Å². The van der Waals surface area contributed by atoms with E-state index in [0.29, 0.717) is 10.6 Å². The van der Waals surface area contributed by atoms with E-state index in [-0.39, 0.29) is 5.69 Å². The molecule has 0 radical (unpaired) electrons. The average Bonchev–Trinajstić information content (AvgIpc) is 2.41. The summed E-state index contributed by atoms with van der Waals surface area (Å²) in [5.41, 5.74) is 5.00. The van der Waals surface area contributed by atoms with Gasteiger partial charge in [-0.25, -0.2) is 4.39 Å². The van der Waals surface area contributed by atoms with Crippen LogP contribution in [0, 0.1) is 5.82 Å². The molecular formula is C15H14ClFN2O. The minimum atomic E-state index is -1.26. The highest BCUT2D eigenvalue weighted by Crippen LogP contribution is 2.29. The van der Waals surface area contributed by atoms with Crippen molar-refractivity contribution in [3.05, 3.63) is 64.9 Å². The van der Waals surface area contributed by atoms with Crippen LogP contribution in [0.4, 0.5) is 10.1 Å². The van der Waals surface area contributed by atoms with Gasteiger partial charge in [0.05, 0.1) is 5.69 Å². The van der Waals surface area contributed by atoms with Gasteiger partial charge in [-0.1, -0.05) is 35.9 Å². The first kappa shape index (κ1) is 14.3. The third-order valence-corrected chi connectivity index (χ3v) is 3.39. The fraction of sp³-hybridized carbons (Fsp3) is 0.133. The van der Waals surface area contributed by atoms with Crippen LogP contribution in [-0.4, -0.2) is 5.91 Å². The number of anilines is 1. The van der Waals surface area contributed by atoms with Crippen LogP contribution >= 0.6 is 11.6 Å². The highest BCUT2D eigenvalue weighted by Gasteiger charge is 2.34. The van der Waals surface area contributed by atoms with Gasteiger partial charge in [-0.2, -0.15) is 0 Å². The zero-order valence-corrected chi connectivity index (χ0v) is 11.6. The van der Waals surface area contributed by atoms with Crippen molar-refractivity contribution in [3.63, 3.8) is 0 Å². The number of benzene rings is 2. The Labute approximate surface area is 121 Å². The van der Waals surface area contributed by atoms with Gasteiger partial charge in [-0.05, 0) is 36.8 Å². The molecule has 2 aromatic carbocycles.